The van der Waals surface area contributed by atoms with Crippen molar-refractivity contribution in [2.24, 2.45) is 10.1 Å². The van der Waals surface area contributed by atoms with E-state index >= 15 is 0 Å². The van der Waals surface area contributed by atoms with Crippen LogP contribution in [-0.4, -0.2) is 24.5 Å². The van der Waals surface area contributed by atoms with E-state index in [1.54, 1.807) is 29.8 Å². The van der Waals surface area contributed by atoms with E-state index in [0.29, 0.717) is 0 Å². The molecule has 4 aromatic rings. The molecule has 0 unspecified atom stereocenters. The zero-order chi connectivity index (χ0) is 18.6. The quantitative estimate of drug-likeness (QED) is 0.427. The Bertz CT molecular complexity index is 1150. The van der Waals surface area contributed by atoms with Crippen molar-refractivity contribution >= 4 is 39.7 Å². The molecule has 6 heteroatoms. The first-order valence-corrected chi connectivity index (χ1v) is 10.5. The maximum atomic E-state index is 5.32. The van der Waals surface area contributed by atoms with E-state index in [9.17, 15) is 0 Å². The van der Waals surface area contributed by atoms with Crippen molar-refractivity contribution in [3.05, 3.63) is 69.0 Å². The molecule has 0 saturated carbocycles. The second-order valence-electron chi connectivity index (χ2n) is 5.92. The Kier molecular flexibility index (Phi) is 5.18. The highest BCUT2D eigenvalue weighted by atomic mass is 32.1. The number of nitrogens with zero attached hydrogens (tertiary/aromatic N) is 3. The summed E-state index contributed by atoms with van der Waals surface area (Å²) in [5.74, 6) is 0.866. The Hall–Kier alpha value is -2.70. The molecule has 0 aliphatic carbocycles. The average molecular weight is 394 g/mol. The third-order valence-corrected chi connectivity index (χ3v) is 5.74. The van der Waals surface area contributed by atoms with Crippen molar-refractivity contribution < 1.29 is 4.74 Å². The molecule has 27 heavy (non-hydrogen) atoms. The van der Waals surface area contributed by atoms with Gasteiger partial charge < -0.3 is 4.74 Å². The molecule has 0 saturated heterocycles. The van der Waals surface area contributed by atoms with Crippen LogP contribution in [0.25, 0.3) is 22.0 Å². The molecule has 4 nitrogen and oxygen atoms in total. The number of thiophene rings is 1. The van der Waals surface area contributed by atoms with Gasteiger partial charge in [-0.05, 0) is 52.7 Å². The van der Waals surface area contributed by atoms with E-state index in [1.807, 2.05) is 29.9 Å². The molecule has 0 radical (unpaired) electrons. The molecule has 0 aliphatic heterocycles. The van der Waals surface area contributed by atoms with E-state index in [0.717, 1.165) is 39.3 Å². The number of hydrogen-bond donors (Lipinski definition) is 0. The summed E-state index contributed by atoms with van der Waals surface area (Å²) in [6.45, 7) is 2.77. The summed E-state index contributed by atoms with van der Waals surface area (Å²) in [7, 11) is 1.69. The largest absolute Gasteiger partial charge is 0.497 e. The van der Waals surface area contributed by atoms with E-state index in [4.69, 9.17) is 9.84 Å². The normalized spacial score (nSPS) is 12.3. The number of fused-ring (bicyclic) bond motifs is 1. The lowest BCUT2D eigenvalue weighted by atomic mass is 10.1. The van der Waals surface area contributed by atoms with Gasteiger partial charge in [0.05, 0.1) is 19.0 Å². The Labute approximate surface area is 165 Å². The number of ether oxygens (including phenoxy) is 1. The van der Waals surface area contributed by atoms with Crippen LogP contribution in [-0.2, 0) is 0 Å². The van der Waals surface area contributed by atoms with E-state index < -0.39 is 0 Å². The molecular formula is C21H19N3OS2. The summed E-state index contributed by atoms with van der Waals surface area (Å²) in [4.78, 5) is 5.49. The predicted octanol–water partition coefficient (Wildman–Crippen LogP) is 5.24. The van der Waals surface area contributed by atoms with Crippen molar-refractivity contribution in [2.75, 3.05) is 13.7 Å². The first-order chi connectivity index (χ1) is 13.3. The minimum Gasteiger partial charge on any atom is -0.497 e. The minimum atomic E-state index is 0.728. The SMILES string of the molecule is CCN=c1scc(-c2ccc3cc(OC)ccc3c2)n1N=Cc1ccsc1. The lowest BCUT2D eigenvalue weighted by Crippen LogP contribution is -2.12. The van der Waals surface area contributed by atoms with Gasteiger partial charge in [0.1, 0.15) is 5.75 Å². The number of hydrogen-bond acceptors (Lipinski definition) is 5. The molecule has 4 rings (SSSR count). The summed E-state index contributed by atoms with van der Waals surface area (Å²) in [6, 6.07) is 14.6. The van der Waals surface area contributed by atoms with Gasteiger partial charge in [0.15, 0.2) is 0 Å². The fraction of sp³-hybridized carbons (Fsp3) is 0.143. The van der Waals surface area contributed by atoms with Crippen molar-refractivity contribution in [3.8, 4) is 17.0 Å². The van der Waals surface area contributed by atoms with Crippen LogP contribution >= 0.6 is 22.7 Å². The summed E-state index contributed by atoms with van der Waals surface area (Å²) in [6.07, 6.45) is 1.88. The molecule has 0 fully saturated rings. The van der Waals surface area contributed by atoms with Crippen LogP contribution in [0.1, 0.15) is 12.5 Å². The minimum absolute atomic E-state index is 0.728. The van der Waals surface area contributed by atoms with Gasteiger partial charge in [-0.25, -0.2) is 4.68 Å². The van der Waals surface area contributed by atoms with Crippen LogP contribution in [0.15, 0.2) is 68.7 Å². The van der Waals surface area contributed by atoms with Gasteiger partial charge in [0, 0.05) is 23.1 Å². The second kappa shape index (κ2) is 7.90. The number of aromatic nitrogens is 1. The molecular weight excluding hydrogens is 374 g/mol. The smallest absolute Gasteiger partial charge is 0.206 e. The highest BCUT2D eigenvalue weighted by molar-refractivity contribution is 7.08. The molecule has 0 atom stereocenters. The lowest BCUT2D eigenvalue weighted by Gasteiger charge is -2.07. The third kappa shape index (κ3) is 3.72. The lowest BCUT2D eigenvalue weighted by molar-refractivity contribution is 0.415. The van der Waals surface area contributed by atoms with Gasteiger partial charge in [-0.3, -0.25) is 4.99 Å². The first-order valence-electron chi connectivity index (χ1n) is 8.64. The topological polar surface area (TPSA) is 38.9 Å². The Balaban J connectivity index is 1.81. The number of benzene rings is 2. The maximum absolute atomic E-state index is 5.32. The van der Waals surface area contributed by atoms with Crippen LogP contribution in [0.3, 0.4) is 0 Å². The summed E-state index contributed by atoms with van der Waals surface area (Å²) < 4.78 is 7.25. The van der Waals surface area contributed by atoms with Crippen molar-refractivity contribution in [1.29, 1.82) is 0 Å². The van der Waals surface area contributed by atoms with Crippen LogP contribution < -0.4 is 9.54 Å². The van der Waals surface area contributed by atoms with Gasteiger partial charge in [-0.15, -0.1) is 11.3 Å². The van der Waals surface area contributed by atoms with Crippen molar-refractivity contribution in [2.45, 2.75) is 6.92 Å². The Morgan fingerprint density at radius 2 is 1.93 bits per heavy atom. The molecule has 0 amide bonds. The molecule has 0 aliphatic rings. The molecule has 2 aromatic heterocycles. The summed E-state index contributed by atoms with van der Waals surface area (Å²) in [5.41, 5.74) is 3.25. The van der Waals surface area contributed by atoms with E-state index in [2.05, 4.69) is 51.5 Å². The van der Waals surface area contributed by atoms with Gasteiger partial charge in [0.2, 0.25) is 4.80 Å². The van der Waals surface area contributed by atoms with Crippen LogP contribution in [0.4, 0.5) is 0 Å². The monoisotopic (exact) mass is 393 g/mol. The molecule has 0 N–H and O–H groups in total. The number of methoxy groups -OCH3 is 1. The van der Waals surface area contributed by atoms with Crippen LogP contribution in [0, 0.1) is 0 Å². The van der Waals surface area contributed by atoms with Crippen LogP contribution in [0.2, 0.25) is 0 Å². The van der Waals surface area contributed by atoms with E-state index in [1.165, 1.54) is 5.39 Å². The zero-order valence-electron chi connectivity index (χ0n) is 15.1. The molecule has 2 heterocycles. The maximum Gasteiger partial charge on any atom is 0.206 e. The Morgan fingerprint density at radius 3 is 2.70 bits per heavy atom. The fourth-order valence-corrected chi connectivity index (χ4v) is 4.35. The number of rotatable bonds is 5. The highest BCUT2D eigenvalue weighted by Crippen LogP contribution is 2.27. The van der Waals surface area contributed by atoms with Gasteiger partial charge in [-0.2, -0.15) is 16.4 Å². The molecule has 136 valence electrons. The summed E-state index contributed by atoms with van der Waals surface area (Å²) >= 11 is 3.27. The summed E-state index contributed by atoms with van der Waals surface area (Å²) in [5, 5.41) is 13.3. The molecule has 0 spiro atoms. The predicted molar refractivity (Wildman–Crippen MR) is 115 cm³/mol. The van der Waals surface area contributed by atoms with Gasteiger partial charge in [0.25, 0.3) is 0 Å². The Morgan fingerprint density at radius 1 is 1.07 bits per heavy atom. The van der Waals surface area contributed by atoms with E-state index in [-0.39, 0.29) is 0 Å². The number of thiazole rings is 1. The van der Waals surface area contributed by atoms with Crippen LogP contribution in [0.5, 0.6) is 5.75 Å². The molecule has 2 aromatic carbocycles. The first kappa shape index (κ1) is 17.7. The van der Waals surface area contributed by atoms with Gasteiger partial charge >= 0.3 is 0 Å². The second-order valence-corrected chi connectivity index (χ2v) is 7.54. The highest BCUT2D eigenvalue weighted by Gasteiger charge is 2.08. The standard InChI is InChI=1S/C21H19N3OS2/c1-3-22-21-24(23-12-15-8-9-26-13-15)20(14-27-21)18-5-4-17-11-19(25-2)7-6-16(17)10-18/h4-14H,3H2,1-2H3. The van der Waals surface area contributed by atoms with Crippen molar-refractivity contribution in [3.63, 3.8) is 0 Å². The van der Waals surface area contributed by atoms with Gasteiger partial charge in [-0.1, -0.05) is 18.2 Å². The average Bonchev–Trinajstić information content (AvgIpc) is 3.35. The molecule has 0 bridgehead atoms. The third-order valence-electron chi connectivity index (χ3n) is 4.19. The fourth-order valence-electron chi connectivity index (χ4n) is 2.84. The zero-order valence-corrected chi connectivity index (χ0v) is 16.8. The van der Waals surface area contributed by atoms with Crippen molar-refractivity contribution in [1.82, 2.24) is 4.68 Å².